The van der Waals surface area contributed by atoms with E-state index < -0.39 is 40.4 Å². The topological polar surface area (TPSA) is 128 Å². The maximum atomic E-state index is 12.8. The van der Waals surface area contributed by atoms with Gasteiger partial charge in [-0.05, 0) is 37.6 Å². The normalized spacial score (nSPS) is 16.5. The van der Waals surface area contributed by atoms with E-state index >= 15 is 0 Å². The number of hydrogen-bond acceptors (Lipinski definition) is 7. The quantitative estimate of drug-likeness (QED) is 0.442. The number of benzene rings is 2. The summed E-state index contributed by atoms with van der Waals surface area (Å²) in [6.07, 6.45) is 0. The number of nitrogens with one attached hydrogen (secondary N) is 1. The van der Waals surface area contributed by atoms with E-state index in [1.54, 1.807) is 25.1 Å². The van der Waals surface area contributed by atoms with Crippen LogP contribution in [0.2, 0.25) is 0 Å². The SMILES string of the molecule is CC(NC(=O)[C@H](C)N1C(=O)c2cccc([N+](=O)[O-])c2C1=O)c1ccc2c(c1)OCCO2. The van der Waals surface area contributed by atoms with Crippen molar-refractivity contribution in [3.8, 4) is 11.5 Å². The van der Waals surface area contributed by atoms with Crippen LogP contribution in [0.1, 0.15) is 46.2 Å². The fraction of sp³-hybridized carbons (Fsp3) is 0.286. The number of rotatable bonds is 5. The largest absolute Gasteiger partial charge is 0.486 e. The van der Waals surface area contributed by atoms with E-state index in [0.29, 0.717) is 24.7 Å². The molecule has 0 radical (unpaired) electrons. The van der Waals surface area contributed by atoms with Crippen molar-refractivity contribution in [2.75, 3.05) is 13.2 Å². The summed E-state index contributed by atoms with van der Waals surface area (Å²) in [7, 11) is 0. The van der Waals surface area contributed by atoms with Crippen molar-refractivity contribution in [3.05, 3.63) is 63.2 Å². The molecule has 4 rings (SSSR count). The number of carbonyl (C=O) groups is 3. The highest BCUT2D eigenvalue weighted by Crippen LogP contribution is 2.34. The van der Waals surface area contributed by atoms with Gasteiger partial charge in [-0.2, -0.15) is 0 Å². The highest BCUT2D eigenvalue weighted by Gasteiger charge is 2.45. The van der Waals surface area contributed by atoms with Crippen molar-refractivity contribution in [2.24, 2.45) is 0 Å². The molecule has 2 aromatic carbocycles. The van der Waals surface area contributed by atoms with E-state index in [0.717, 1.165) is 16.5 Å². The summed E-state index contributed by atoms with van der Waals surface area (Å²) in [6, 6.07) is 7.51. The third-order valence-electron chi connectivity index (χ3n) is 5.31. The van der Waals surface area contributed by atoms with Crippen LogP contribution < -0.4 is 14.8 Å². The van der Waals surface area contributed by atoms with Gasteiger partial charge in [-0.3, -0.25) is 29.4 Å². The molecule has 0 aromatic heterocycles. The minimum Gasteiger partial charge on any atom is -0.486 e. The molecule has 2 heterocycles. The highest BCUT2D eigenvalue weighted by molar-refractivity contribution is 6.24. The second-order valence-electron chi connectivity index (χ2n) is 7.25. The summed E-state index contributed by atoms with van der Waals surface area (Å²) in [5.41, 5.74) is -0.0887. The Labute approximate surface area is 176 Å². The zero-order valence-corrected chi connectivity index (χ0v) is 16.8. The smallest absolute Gasteiger partial charge is 0.282 e. The first kappa shape index (κ1) is 20.3. The summed E-state index contributed by atoms with van der Waals surface area (Å²) >= 11 is 0. The van der Waals surface area contributed by atoms with Gasteiger partial charge in [0.25, 0.3) is 17.5 Å². The standard InChI is InChI=1S/C21H19N3O7/c1-11(13-6-7-16-17(10-13)31-9-8-30-16)22-19(25)12(2)23-20(26)14-4-3-5-15(24(28)29)18(14)21(23)27/h3-7,10-12H,8-9H2,1-2H3,(H,22,25)/t11?,12-/m0/s1. The fourth-order valence-electron chi connectivity index (χ4n) is 3.65. The van der Waals surface area contributed by atoms with Crippen LogP contribution in [0.5, 0.6) is 11.5 Å². The predicted octanol–water partition coefficient (Wildman–Crippen LogP) is 2.23. The van der Waals surface area contributed by atoms with E-state index in [4.69, 9.17) is 9.47 Å². The molecule has 0 fully saturated rings. The first-order valence-corrected chi connectivity index (χ1v) is 9.64. The minimum absolute atomic E-state index is 0.0845. The van der Waals surface area contributed by atoms with Crippen LogP contribution in [0.15, 0.2) is 36.4 Å². The molecule has 3 amide bonds. The molecule has 2 atom stereocenters. The van der Waals surface area contributed by atoms with E-state index in [2.05, 4.69) is 5.32 Å². The van der Waals surface area contributed by atoms with Crippen LogP contribution in [0, 0.1) is 10.1 Å². The van der Waals surface area contributed by atoms with Crippen molar-refractivity contribution in [3.63, 3.8) is 0 Å². The molecule has 2 aliphatic heterocycles. The van der Waals surface area contributed by atoms with Crippen LogP contribution in [-0.2, 0) is 4.79 Å². The number of nitrogens with zero attached hydrogens (tertiary/aromatic N) is 2. The Balaban J connectivity index is 1.52. The van der Waals surface area contributed by atoms with Crippen LogP contribution in [0.3, 0.4) is 0 Å². The van der Waals surface area contributed by atoms with Gasteiger partial charge in [0.05, 0.1) is 16.5 Å². The predicted molar refractivity (Wildman–Crippen MR) is 107 cm³/mol. The van der Waals surface area contributed by atoms with E-state index in [-0.39, 0.29) is 11.1 Å². The Morgan fingerprint density at radius 2 is 1.81 bits per heavy atom. The lowest BCUT2D eigenvalue weighted by atomic mass is 10.1. The number of fused-ring (bicyclic) bond motifs is 2. The number of ether oxygens (including phenoxy) is 2. The Hall–Kier alpha value is -3.95. The molecule has 160 valence electrons. The maximum Gasteiger partial charge on any atom is 0.282 e. The maximum absolute atomic E-state index is 12.8. The summed E-state index contributed by atoms with van der Waals surface area (Å²) in [5.74, 6) is -0.972. The lowest BCUT2D eigenvalue weighted by molar-refractivity contribution is -0.385. The van der Waals surface area contributed by atoms with Crippen LogP contribution in [-0.4, -0.2) is 46.8 Å². The van der Waals surface area contributed by atoms with E-state index in [9.17, 15) is 24.5 Å². The summed E-state index contributed by atoms with van der Waals surface area (Å²) < 4.78 is 11.0. The molecule has 10 heteroatoms. The molecule has 0 saturated carbocycles. The van der Waals surface area contributed by atoms with Gasteiger partial charge in [-0.15, -0.1) is 0 Å². The van der Waals surface area contributed by atoms with Crippen LogP contribution >= 0.6 is 0 Å². The fourth-order valence-corrected chi connectivity index (χ4v) is 3.65. The zero-order chi connectivity index (χ0) is 22.3. The zero-order valence-electron chi connectivity index (χ0n) is 16.8. The molecule has 0 saturated heterocycles. The third kappa shape index (κ3) is 3.45. The molecule has 31 heavy (non-hydrogen) atoms. The second kappa shape index (κ2) is 7.71. The summed E-state index contributed by atoms with van der Waals surface area (Å²) in [6.45, 7) is 4.05. The van der Waals surface area contributed by atoms with E-state index in [1.807, 2.05) is 0 Å². The van der Waals surface area contributed by atoms with Gasteiger partial charge in [-0.1, -0.05) is 12.1 Å². The highest BCUT2D eigenvalue weighted by atomic mass is 16.6. The van der Waals surface area contributed by atoms with Gasteiger partial charge >= 0.3 is 0 Å². The number of amides is 3. The molecule has 1 N–H and O–H groups in total. The van der Waals surface area contributed by atoms with Gasteiger partial charge < -0.3 is 14.8 Å². The average molecular weight is 425 g/mol. The first-order valence-electron chi connectivity index (χ1n) is 9.64. The Kier molecular flexibility index (Phi) is 5.05. The van der Waals surface area contributed by atoms with E-state index in [1.165, 1.54) is 19.1 Å². The van der Waals surface area contributed by atoms with Gasteiger partial charge in [0.2, 0.25) is 5.91 Å². The van der Waals surface area contributed by atoms with Crippen LogP contribution in [0.25, 0.3) is 0 Å². The van der Waals surface area contributed by atoms with Crippen LogP contribution in [0.4, 0.5) is 5.69 Å². The molecule has 10 nitrogen and oxygen atoms in total. The molecule has 0 spiro atoms. The Bertz CT molecular complexity index is 1110. The van der Waals surface area contributed by atoms with Crippen molar-refractivity contribution >= 4 is 23.4 Å². The molecule has 1 unspecified atom stereocenters. The van der Waals surface area contributed by atoms with Gasteiger partial charge in [-0.25, -0.2) is 0 Å². The lowest BCUT2D eigenvalue weighted by Gasteiger charge is -2.25. The number of hydrogen-bond donors (Lipinski definition) is 1. The molecule has 0 bridgehead atoms. The molecular weight excluding hydrogens is 406 g/mol. The average Bonchev–Trinajstić information content (AvgIpc) is 3.02. The van der Waals surface area contributed by atoms with Gasteiger partial charge in [0.15, 0.2) is 11.5 Å². The molecule has 2 aromatic rings. The molecule has 2 aliphatic rings. The Morgan fingerprint density at radius 1 is 1.10 bits per heavy atom. The summed E-state index contributed by atoms with van der Waals surface area (Å²) in [5, 5.41) is 14.0. The monoisotopic (exact) mass is 425 g/mol. The lowest BCUT2D eigenvalue weighted by Crippen LogP contribution is -2.48. The first-order chi connectivity index (χ1) is 14.8. The number of nitro groups is 1. The molecular formula is C21H19N3O7. The van der Waals surface area contributed by atoms with Crippen molar-refractivity contribution in [1.82, 2.24) is 10.2 Å². The Morgan fingerprint density at radius 3 is 2.52 bits per heavy atom. The van der Waals surface area contributed by atoms with Crippen molar-refractivity contribution < 1.29 is 28.8 Å². The second-order valence-corrected chi connectivity index (χ2v) is 7.25. The summed E-state index contributed by atoms with van der Waals surface area (Å²) in [4.78, 5) is 49.6. The number of nitro benzene ring substituents is 1. The van der Waals surface area contributed by atoms with Crippen molar-refractivity contribution in [2.45, 2.75) is 25.9 Å². The van der Waals surface area contributed by atoms with Gasteiger partial charge in [0.1, 0.15) is 24.8 Å². The number of imide groups is 1. The minimum atomic E-state index is -1.16. The molecule has 0 aliphatic carbocycles. The van der Waals surface area contributed by atoms with Crippen molar-refractivity contribution in [1.29, 1.82) is 0 Å². The third-order valence-corrected chi connectivity index (χ3v) is 5.31. The van der Waals surface area contributed by atoms with Gasteiger partial charge in [0, 0.05) is 6.07 Å². The number of carbonyl (C=O) groups excluding carboxylic acids is 3.